The van der Waals surface area contributed by atoms with E-state index in [2.05, 4.69) is 26.6 Å². The fraction of sp³-hybridized carbons (Fsp3) is 0.308. The molecule has 1 saturated heterocycles. The highest BCUT2D eigenvalue weighted by molar-refractivity contribution is 9.10. The number of amides is 4. The fourth-order valence-electron chi connectivity index (χ4n) is 1.86. The van der Waals surface area contributed by atoms with E-state index < -0.39 is 23.9 Å². The number of benzene rings is 1. The van der Waals surface area contributed by atoms with Crippen LogP contribution in [0, 0.1) is 6.92 Å². The zero-order valence-corrected chi connectivity index (χ0v) is 12.7. The zero-order chi connectivity index (χ0) is 14.9. The van der Waals surface area contributed by atoms with Crippen molar-refractivity contribution in [1.29, 1.82) is 0 Å². The Morgan fingerprint density at radius 1 is 1.45 bits per heavy atom. The Balaban J connectivity index is 2.03. The molecule has 0 radical (unpaired) electrons. The summed E-state index contributed by atoms with van der Waals surface area (Å²) in [4.78, 5) is 36.0. The molecule has 1 aliphatic rings. The van der Waals surface area contributed by atoms with E-state index in [1.54, 1.807) is 13.0 Å². The standard InChI is InChI=1S/C13H14BrN3O3/c1-7-3-4-10(9(14)5-7)16-11(18)6-17-12(19)8(2)15-13(17)20/h3-5,8H,6H2,1-2H3,(H,15,20)(H,16,18)/t8-/m1/s1. The summed E-state index contributed by atoms with van der Waals surface area (Å²) in [7, 11) is 0. The van der Waals surface area contributed by atoms with E-state index >= 15 is 0 Å². The van der Waals surface area contributed by atoms with Crippen molar-refractivity contribution in [2.45, 2.75) is 19.9 Å². The number of rotatable bonds is 3. The molecule has 4 amide bonds. The van der Waals surface area contributed by atoms with Crippen molar-refractivity contribution >= 4 is 39.5 Å². The van der Waals surface area contributed by atoms with Crippen LogP contribution in [-0.4, -0.2) is 35.3 Å². The predicted molar refractivity (Wildman–Crippen MR) is 77.2 cm³/mol. The molecule has 0 bridgehead atoms. The summed E-state index contributed by atoms with van der Waals surface area (Å²) in [5.41, 5.74) is 1.65. The van der Waals surface area contributed by atoms with Crippen LogP contribution >= 0.6 is 15.9 Å². The molecule has 1 aromatic rings. The Morgan fingerprint density at radius 3 is 2.70 bits per heavy atom. The summed E-state index contributed by atoms with van der Waals surface area (Å²) in [5.74, 6) is -0.819. The van der Waals surface area contributed by atoms with Crippen LogP contribution in [0.25, 0.3) is 0 Å². The monoisotopic (exact) mass is 339 g/mol. The van der Waals surface area contributed by atoms with E-state index in [1.165, 1.54) is 0 Å². The van der Waals surface area contributed by atoms with Crippen LogP contribution < -0.4 is 10.6 Å². The molecule has 0 saturated carbocycles. The number of hydrogen-bond donors (Lipinski definition) is 2. The number of halogens is 1. The van der Waals surface area contributed by atoms with Gasteiger partial charge in [0.1, 0.15) is 12.6 Å². The summed E-state index contributed by atoms with van der Waals surface area (Å²) in [6.07, 6.45) is 0. The lowest BCUT2D eigenvalue weighted by Gasteiger charge is -2.13. The van der Waals surface area contributed by atoms with Crippen molar-refractivity contribution in [3.05, 3.63) is 28.2 Å². The van der Waals surface area contributed by atoms with Gasteiger partial charge in [-0.2, -0.15) is 0 Å². The minimum Gasteiger partial charge on any atom is -0.326 e. The lowest BCUT2D eigenvalue weighted by Crippen LogP contribution is -2.38. The molecule has 1 aliphatic heterocycles. The highest BCUT2D eigenvalue weighted by atomic mass is 79.9. The number of carbonyl (C=O) groups is 3. The van der Waals surface area contributed by atoms with Crippen LogP contribution in [0.1, 0.15) is 12.5 Å². The van der Waals surface area contributed by atoms with E-state index in [1.807, 2.05) is 19.1 Å². The van der Waals surface area contributed by atoms with Crippen LogP contribution in [0.2, 0.25) is 0 Å². The second-order valence-corrected chi connectivity index (χ2v) is 5.48. The van der Waals surface area contributed by atoms with Gasteiger partial charge in [-0.25, -0.2) is 4.79 Å². The third kappa shape index (κ3) is 2.98. The second kappa shape index (κ2) is 5.62. The zero-order valence-electron chi connectivity index (χ0n) is 11.1. The number of anilines is 1. The molecule has 0 unspecified atom stereocenters. The summed E-state index contributed by atoms with van der Waals surface area (Å²) < 4.78 is 0.747. The van der Waals surface area contributed by atoms with Crippen LogP contribution in [0.3, 0.4) is 0 Å². The predicted octanol–water partition coefficient (Wildman–Crippen LogP) is 1.64. The summed E-state index contributed by atoms with van der Waals surface area (Å²) in [6.45, 7) is 3.22. The molecule has 1 heterocycles. The summed E-state index contributed by atoms with van der Waals surface area (Å²) >= 11 is 3.35. The van der Waals surface area contributed by atoms with Crippen molar-refractivity contribution in [3.8, 4) is 0 Å². The molecule has 2 rings (SSSR count). The molecule has 106 valence electrons. The molecule has 0 spiro atoms. The van der Waals surface area contributed by atoms with Gasteiger partial charge in [0.15, 0.2) is 0 Å². The Labute approximate surface area is 124 Å². The normalized spacial score (nSPS) is 18.1. The van der Waals surface area contributed by atoms with Gasteiger partial charge >= 0.3 is 6.03 Å². The minimum absolute atomic E-state index is 0.296. The number of carbonyl (C=O) groups excluding carboxylic acids is 3. The van der Waals surface area contributed by atoms with Crippen LogP contribution in [-0.2, 0) is 9.59 Å². The number of nitrogens with zero attached hydrogens (tertiary/aromatic N) is 1. The largest absolute Gasteiger partial charge is 0.326 e. The topological polar surface area (TPSA) is 78.5 Å². The molecule has 1 aromatic carbocycles. The third-order valence-electron chi connectivity index (χ3n) is 2.92. The first-order chi connectivity index (χ1) is 9.38. The van der Waals surface area contributed by atoms with E-state index in [0.29, 0.717) is 5.69 Å². The highest BCUT2D eigenvalue weighted by Gasteiger charge is 2.36. The quantitative estimate of drug-likeness (QED) is 0.821. The first-order valence-corrected chi connectivity index (χ1v) is 6.85. The molecule has 2 N–H and O–H groups in total. The van der Waals surface area contributed by atoms with Crippen LogP contribution in [0.5, 0.6) is 0 Å². The van der Waals surface area contributed by atoms with Gasteiger partial charge in [-0.05, 0) is 47.5 Å². The van der Waals surface area contributed by atoms with Gasteiger partial charge in [-0.1, -0.05) is 6.07 Å². The van der Waals surface area contributed by atoms with Crippen molar-refractivity contribution in [2.24, 2.45) is 0 Å². The van der Waals surface area contributed by atoms with E-state index in [-0.39, 0.29) is 6.54 Å². The average molecular weight is 340 g/mol. The SMILES string of the molecule is Cc1ccc(NC(=O)CN2C(=O)N[C@H](C)C2=O)c(Br)c1. The van der Waals surface area contributed by atoms with Crippen LogP contribution in [0.4, 0.5) is 10.5 Å². The van der Waals surface area contributed by atoms with Gasteiger partial charge < -0.3 is 10.6 Å². The molecule has 6 nitrogen and oxygen atoms in total. The lowest BCUT2D eigenvalue weighted by molar-refractivity contribution is -0.130. The Hall–Kier alpha value is -1.89. The third-order valence-corrected chi connectivity index (χ3v) is 3.58. The van der Waals surface area contributed by atoms with Gasteiger partial charge in [0, 0.05) is 4.47 Å². The second-order valence-electron chi connectivity index (χ2n) is 4.63. The molecule has 1 fully saturated rings. The maximum Gasteiger partial charge on any atom is 0.325 e. The maximum atomic E-state index is 11.9. The number of aryl methyl sites for hydroxylation is 1. The Kier molecular flexibility index (Phi) is 4.08. The van der Waals surface area contributed by atoms with Gasteiger partial charge in [0.05, 0.1) is 5.69 Å². The Bertz CT molecular complexity index is 588. The van der Waals surface area contributed by atoms with E-state index in [4.69, 9.17) is 0 Å². The van der Waals surface area contributed by atoms with E-state index in [9.17, 15) is 14.4 Å². The van der Waals surface area contributed by atoms with Crippen molar-refractivity contribution in [1.82, 2.24) is 10.2 Å². The maximum absolute atomic E-state index is 11.9. The average Bonchev–Trinajstić information content (AvgIpc) is 2.60. The van der Waals surface area contributed by atoms with Gasteiger partial charge in [0.2, 0.25) is 5.91 Å². The first kappa shape index (κ1) is 14.5. The molecular formula is C13H14BrN3O3. The van der Waals surface area contributed by atoms with Crippen LogP contribution in [0.15, 0.2) is 22.7 Å². The van der Waals surface area contributed by atoms with Gasteiger partial charge in [-0.3, -0.25) is 14.5 Å². The Morgan fingerprint density at radius 2 is 2.15 bits per heavy atom. The summed E-state index contributed by atoms with van der Waals surface area (Å²) in [6, 6.07) is 4.36. The fourth-order valence-corrected chi connectivity index (χ4v) is 2.46. The molecule has 0 aliphatic carbocycles. The van der Waals surface area contributed by atoms with Crippen molar-refractivity contribution < 1.29 is 14.4 Å². The minimum atomic E-state index is -0.582. The number of hydrogen-bond acceptors (Lipinski definition) is 3. The van der Waals surface area contributed by atoms with Gasteiger partial charge in [0.25, 0.3) is 5.91 Å². The molecule has 7 heteroatoms. The van der Waals surface area contributed by atoms with Crippen molar-refractivity contribution in [3.63, 3.8) is 0 Å². The number of imide groups is 1. The molecule has 0 aromatic heterocycles. The lowest BCUT2D eigenvalue weighted by atomic mass is 10.2. The number of nitrogens with one attached hydrogen (secondary N) is 2. The first-order valence-electron chi connectivity index (χ1n) is 6.06. The van der Waals surface area contributed by atoms with Crippen molar-refractivity contribution in [2.75, 3.05) is 11.9 Å². The smallest absolute Gasteiger partial charge is 0.325 e. The molecule has 1 atom stereocenters. The molecular weight excluding hydrogens is 326 g/mol. The highest BCUT2D eigenvalue weighted by Crippen LogP contribution is 2.23. The summed E-state index contributed by atoms with van der Waals surface area (Å²) in [5, 5.41) is 5.11. The molecule has 20 heavy (non-hydrogen) atoms. The number of urea groups is 1. The van der Waals surface area contributed by atoms with E-state index in [0.717, 1.165) is 14.9 Å². The van der Waals surface area contributed by atoms with Gasteiger partial charge in [-0.15, -0.1) is 0 Å².